The molecule has 4 heteroatoms. The molecule has 1 fully saturated rings. The lowest BCUT2D eigenvalue weighted by Crippen LogP contribution is -2.43. The molecule has 1 aliphatic carbocycles. The highest BCUT2D eigenvalue weighted by Gasteiger charge is 2.33. The summed E-state index contributed by atoms with van der Waals surface area (Å²) >= 11 is 0. The SMILES string of the molecule is CN=C(NCCC(C)C)NCC1(CCOC)CCCC1. The van der Waals surface area contributed by atoms with Crippen LogP contribution >= 0.6 is 0 Å². The van der Waals surface area contributed by atoms with Crippen molar-refractivity contribution in [3.05, 3.63) is 0 Å². The number of aliphatic imine (C=N–C) groups is 1. The lowest BCUT2D eigenvalue weighted by atomic mass is 9.83. The van der Waals surface area contributed by atoms with Crippen molar-refractivity contribution >= 4 is 5.96 Å². The van der Waals surface area contributed by atoms with Crippen molar-refractivity contribution in [1.82, 2.24) is 10.6 Å². The van der Waals surface area contributed by atoms with Crippen LogP contribution in [0.1, 0.15) is 52.4 Å². The van der Waals surface area contributed by atoms with E-state index in [-0.39, 0.29) is 0 Å². The lowest BCUT2D eigenvalue weighted by Gasteiger charge is -2.30. The first kappa shape index (κ1) is 17.3. The van der Waals surface area contributed by atoms with Crippen LogP contribution in [0, 0.1) is 11.3 Å². The van der Waals surface area contributed by atoms with Crippen LogP contribution in [0.4, 0.5) is 0 Å². The van der Waals surface area contributed by atoms with Crippen molar-refractivity contribution in [3.63, 3.8) is 0 Å². The van der Waals surface area contributed by atoms with Crippen molar-refractivity contribution < 1.29 is 4.74 Å². The Balaban J connectivity index is 2.36. The molecule has 0 aromatic heterocycles. The third-order valence-corrected chi connectivity index (χ3v) is 4.37. The summed E-state index contributed by atoms with van der Waals surface area (Å²) in [7, 11) is 3.64. The van der Waals surface area contributed by atoms with Crippen molar-refractivity contribution in [2.45, 2.75) is 52.4 Å². The van der Waals surface area contributed by atoms with Gasteiger partial charge in [-0.1, -0.05) is 26.7 Å². The molecule has 118 valence electrons. The fraction of sp³-hybridized carbons (Fsp3) is 0.938. The van der Waals surface area contributed by atoms with Gasteiger partial charge in [-0.3, -0.25) is 4.99 Å². The minimum Gasteiger partial charge on any atom is -0.385 e. The minimum atomic E-state index is 0.408. The van der Waals surface area contributed by atoms with E-state index in [1.54, 1.807) is 7.11 Å². The standard InChI is InChI=1S/C16H33N3O/c1-14(2)7-11-18-15(17-3)19-13-16(10-12-20-4)8-5-6-9-16/h14H,5-13H2,1-4H3,(H2,17,18,19). The van der Waals surface area contributed by atoms with E-state index >= 15 is 0 Å². The van der Waals surface area contributed by atoms with Gasteiger partial charge in [0.25, 0.3) is 0 Å². The summed E-state index contributed by atoms with van der Waals surface area (Å²) in [5, 5.41) is 6.92. The van der Waals surface area contributed by atoms with Gasteiger partial charge in [-0.15, -0.1) is 0 Å². The van der Waals surface area contributed by atoms with E-state index in [1.807, 2.05) is 7.05 Å². The van der Waals surface area contributed by atoms with Crippen LogP contribution in [-0.4, -0.2) is 39.8 Å². The Morgan fingerprint density at radius 3 is 2.50 bits per heavy atom. The second kappa shape index (κ2) is 9.22. The predicted molar refractivity (Wildman–Crippen MR) is 86.2 cm³/mol. The molecule has 0 radical (unpaired) electrons. The smallest absolute Gasteiger partial charge is 0.190 e. The topological polar surface area (TPSA) is 45.7 Å². The normalized spacial score (nSPS) is 18.6. The summed E-state index contributed by atoms with van der Waals surface area (Å²) in [5.41, 5.74) is 0.408. The van der Waals surface area contributed by atoms with Crippen LogP contribution < -0.4 is 10.6 Å². The summed E-state index contributed by atoms with van der Waals surface area (Å²) in [6.07, 6.45) is 7.66. The summed E-state index contributed by atoms with van der Waals surface area (Å²) in [4.78, 5) is 4.32. The molecule has 20 heavy (non-hydrogen) atoms. The highest BCUT2D eigenvalue weighted by atomic mass is 16.5. The van der Waals surface area contributed by atoms with Gasteiger partial charge >= 0.3 is 0 Å². The molecule has 0 aliphatic heterocycles. The van der Waals surface area contributed by atoms with Gasteiger partial charge in [0.1, 0.15) is 0 Å². The maximum atomic E-state index is 5.28. The van der Waals surface area contributed by atoms with E-state index < -0.39 is 0 Å². The molecule has 0 bridgehead atoms. The number of methoxy groups -OCH3 is 1. The van der Waals surface area contributed by atoms with Crippen molar-refractivity contribution in [2.75, 3.05) is 33.9 Å². The number of hydrogen-bond acceptors (Lipinski definition) is 2. The molecule has 2 N–H and O–H groups in total. The molecule has 0 atom stereocenters. The molecule has 0 spiro atoms. The highest BCUT2D eigenvalue weighted by molar-refractivity contribution is 5.79. The zero-order valence-corrected chi connectivity index (χ0v) is 13.8. The zero-order chi connectivity index (χ0) is 14.8. The Bertz CT molecular complexity index is 283. The maximum absolute atomic E-state index is 5.28. The van der Waals surface area contributed by atoms with E-state index in [2.05, 4.69) is 29.5 Å². The highest BCUT2D eigenvalue weighted by Crippen LogP contribution is 2.40. The molecular formula is C16H33N3O. The van der Waals surface area contributed by atoms with Crippen LogP contribution in [0.15, 0.2) is 4.99 Å². The van der Waals surface area contributed by atoms with E-state index in [0.29, 0.717) is 5.41 Å². The minimum absolute atomic E-state index is 0.408. The van der Waals surface area contributed by atoms with Crippen molar-refractivity contribution in [1.29, 1.82) is 0 Å². The second-order valence-corrected chi connectivity index (χ2v) is 6.48. The number of hydrogen-bond donors (Lipinski definition) is 2. The van der Waals surface area contributed by atoms with Gasteiger partial charge in [0.15, 0.2) is 5.96 Å². The molecule has 0 amide bonds. The van der Waals surface area contributed by atoms with Crippen molar-refractivity contribution in [3.8, 4) is 0 Å². The number of ether oxygens (including phenoxy) is 1. The number of nitrogens with one attached hydrogen (secondary N) is 2. The van der Waals surface area contributed by atoms with E-state index in [9.17, 15) is 0 Å². The molecule has 4 nitrogen and oxygen atoms in total. The number of nitrogens with zero attached hydrogens (tertiary/aromatic N) is 1. The molecular weight excluding hydrogens is 250 g/mol. The molecule has 0 aromatic rings. The van der Waals surface area contributed by atoms with Gasteiger partial charge < -0.3 is 15.4 Å². The lowest BCUT2D eigenvalue weighted by molar-refractivity contribution is 0.138. The first-order valence-corrected chi connectivity index (χ1v) is 8.05. The molecule has 0 heterocycles. The fourth-order valence-corrected chi connectivity index (χ4v) is 2.93. The molecule has 1 saturated carbocycles. The number of rotatable bonds is 8. The van der Waals surface area contributed by atoms with Crippen LogP contribution in [0.2, 0.25) is 0 Å². The van der Waals surface area contributed by atoms with E-state index in [0.717, 1.165) is 38.0 Å². The molecule has 0 unspecified atom stereocenters. The fourth-order valence-electron chi connectivity index (χ4n) is 2.93. The summed E-state index contributed by atoms with van der Waals surface area (Å²) in [6, 6.07) is 0. The first-order valence-electron chi connectivity index (χ1n) is 8.05. The van der Waals surface area contributed by atoms with Gasteiger partial charge in [-0.25, -0.2) is 0 Å². The summed E-state index contributed by atoms with van der Waals surface area (Å²) in [5.74, 6) is 1.66. The molecule has 1 aliphatic rings. The summed E-state index contributed by atoms with van der Waals surface area (Å²) in [6.45, 7) is 7.35. The predicted octanol–water partition coefficient (Wildman–Crippen LogP) is 2.79. The Morgan fingerprint density at radius 2 is 1.95 bits per heavy atom. The molecule has 0 saturated heterocycles. The molecule has 0 aromatic carbocycles. The van der Waals surface area contributed by atoms with Gasteiger partial charge in [0.2, 0.25) is 0 Å². The Hall–Kier alpha value is -0.770. The number of guanidine groups is 1. The van der Waals surface area contributed by atoms with Gasteiger partial charge in [-0.05, 0) is 37.0 Å². The van der Waals surface area contributed by atoms with Gasteiger partial charge in [0, 0.05) is 33.9 Å². The zero-order valence-electron chi connectivity index (χ0n) is 13.8. The largest absolute Gasteiger partial charge is 0.385 e. The quantitative estimate of drug-likeness (QED) is 0.532. The average molecular weight is 283 g/mol. The Kier molecular flexibility index (Phi) is 7.97. The van der Waals surface area contributed by atoms with Crippen LogP contribution in [0.3, 0.4) is 0 Å². The van der Waals surface area contributed by atoms with E-state index in [1.165, 1.54) is 32.1 Å². The Morgan fingerprint density at radius 1 is 1.25 bits per heavy atom. The van der Waals surface area contributed by atoms with Crippen LogP contribution in [0.25, 0.3) is 0 Å². The average Bonchev–Trinajstić information content (AvgIpc) is 2.89. The Labute approximate surface area is 124 Å². The maximum Gasteiger partial charge on any atom is 0.190 e. The first-order chi connectivity index (χ1) is 9.62. The summed E-state index contributed by atoms with van der Waals surface area (Å²) < 4.78 is 5.28. The van der Waals surface area contributed by atoms with Gasteiger partial charge in [0.05, 0.1) is 0 Å². The van der Waals surface area contributed by atoms with E-state index in [4.69, 9.17) is 4.74 Å². The second-order valence-electron chi connectivity index (χ2n) is 6.48. The third-order valence-electron chi connectivity index (χ3n) is 4.37. The molecule has 1 rings (SSSR count). The third kappa shape index (κ3) is 6.12. The monoisotopic (exact) mass is 283 g/mol. The van der Waals surface area contributed by atoms with Crippen LogP contribution in [-0.2, 0) is 4.74 Å². The van der Waals surface area contributed by atoms with Crippen molar-refractivity contribution in [2.24, 2.45) is 16.3 Å². The van der Waals surface area contributed by atoms with Gasteiger partial charge in [-0.2, -0.15) is 0 Å². The van der Waals surface area contributed by atoms with Crippen LogP contribution in [0.5, 0.6) is 0 Å².